The van der Waals surface area contributed by atoms with E-state index in [1.165, 1.54) is 25.9 Å². The topological polar surface area (TPSA) is 24.5 Å². The monoisotopic (exact) mass is 200 g/mol. The van der Waals surface area contributed by atoms with Crippen molar-refractivity contribution >= 4 is 0 Å². The zero-order valence-electron chi connectivity index (χ0n) is 9.59. The number of ether oxygens (including phenoxy) is 1. The predicted octanol–water partition coefficient (Wildman–Crippen LogP) is 1.10. The molecule has 0 aromatic rings. The summed E-state index contributed by atoms with van der Waals surface area (Å²) < 4.78 is 5.00. The van der Waals surface area contributed by atoms with E-state index in [9.17, 15) is 0 Å². The van der Waals surface area contributed by atoms with Gasteiger partial charge in [-0.25, -0.2) is 0 Å². The van der Waals surface area contributed by atoms with Crippen molar-refractivity contribution in [1.29, 1.82) is 0 Å². The van der Waals surface area contributed by atoms with Crippen LogP contribution in [0.5, 0.6) is 0 Å². The minimum atomic E-state index is 0.694. The fraction of sp³-hybridized carbons (Fsp3) is 1.00. The molecule has 0 radical (unpaired) electrons. The molecule has 0 bridgehead atoms. The Morgan fingerprint density at radius 1 is 1.36 bits per heavy atom. The van der Waals surface area contributed by atoms with Crippen LogP contribution in [0.4, 0.5) is 0 Å². The molecule has 3 nitrogen and oxygen atoms in total. The van der Waals surface area contributed by atoms with Crippen molar-refractivity contribution in [2.45, 2.75) is 32.2 Å². The molecule has 0 aliphatic carbocycles. The second-order valence-electron chi connectivity index (χ2n) is 4.14. The van der Waals surface area contributed by atoms with Gasteiger partial charge in [0, 0.05) is 26.3 Å². The van der Waals surface area contributed by atoms with Crippen molar-refractivity contribution in [2.24, 2.45) is 0 Å². The standard InChI is InChI=1S/C11H24N2O/c1-11(13-7-3-4-8-13)10-12-6-5-9-14-2/h11-12H,3-10H2,1-2H3. The predicted molar refractivity (Wildman–Crippen MR) is 59.6 cm³/mol. The third-order valence-corrected chi connectivity index (χ3v) is 2.91. The SMILES string of the molecule is COCCCNCC(C)N1CCCC1. The largest absolute Gasteiger partial charge is 0.385 e. The summed E-state index contributed by atoms with van der Waals surface area (Å²) >= 11 is 0. The fourth-order valence-corrected chi connectivity index (χ4v) is 1.96. The molecule has 84 valence electrons. The van der Waals surface area contributed by atoms with Crippen molar-refractivity contribution < 1.29 is 4.74 Å². The molecule has 0 amide bonds. The Bertz CT molecular complexity index is 135. The summed E-state index contributed by atoms with van der Waals surface area (Å²) in [4.78, 5) is 2.57. The van der Waals surface area contributed by atoms with Gasteiger partial charge in [-0.15, -0.1) is 0 Å². The second kappa shape index (κ2) is 7.21. The number of methoxy groups -OCH3 is 1. The fourth-order valence-electron chi connectivity index (χ4n) is 1.96. The van der Waals surface area contributed by atoms with Gasteiger partial charge in [-0.2, -0.15) is 0 Å². The van der Waals surface area contributed by atoms with Crippen LogP contribution in [-0.2, 0) is 4.74 Å². The molecule has 1 fully saturated rings. The summed E-state index contributed by atoms with van der Waals surface area (Å²) in [6, 6.07) is 0.694. The van der Waals surface area contributed by atoms with Crippen molar-refractivity contribution in [3.8, 4) is 0 Å². The lowest BCUT2D eigenvalue weighted by Crippen LogP contribution is -2.38. The molecule has 3 heteroatoms. The van der Waals surface area contributed by atoms with E-state index >= 15 is 0 Å². The molecule has 0 aromatic carbocycles. The van der Waals surface area contributed by atoms with Gasteiger partial charge in [0.2, 0.25) is 0 Å². The number of nitrogens with zero attached hydrogens (tertiary/aromatic N) is 1. The quantitative estimate of drug-likeness (QED) is 0.623. The first-order chi connectivity index (χ1) is 6.84. The molecular weight excluding hydrogens is 176 g/mol. The Labute approximate surface area is 87.8 Å². The van der Waals surface area contributed by atoms with E-state index < -0.39 is 0 Å². The van der Waals surface area contributed by atoms with Crippen LogP contribution in [0.25, 0.3) is 0 Å². The van der Waals surface area contributed by atoms with E-state index in [4.69, 9.17) is 4.74 Å². The van der Waals surface area contributed by atoms with E-state index in [1.807, 2.05) is 0 Å². The van der Waals surface area contributed by atoms with Gasteiger partial charge < -0.3 is 10.1 Å². The normalized spacial score (nSPS) is 20.1. The number of nitrogens with one attached hydrogen (secondary N) is 1. The van der Waals surface area contributed by atoms with Gasteiger partial charge in [0.05, 0.1) is 0 Å². The molecule has 1 heterocycles. The molecule has 1 rings (SSSR count). The van der Waals surface area contributed by atoms with Gasteiger partial charge >= 0.3 is 0 Å². The Kier molecular flexibility index (Phi) is 6.15. The second-order valence-corrected chi connectivity index (χ2v) is 4.14. The first-order valence-electron chi connectivity index (χ1n) is 5.78. The van der Waals surface area contributed by atoms with Gasteiger partial charge in [0.15, 0.2) is 0 Å². The number of hydrogen-bond acceptors (Lipinski definition) is 3. The molecule has 1 aliphatic heterocycles. The molecule has 1 aliphatic rings. The maximum atomic E-state index is 5.00. The third-order valence-electron chi connectivity index (χ3n) is 2.91. The van der Waals surface area contributed by atoms with Gasteiger partial charge in [-0.1, -0.05) is 0 Å². The van der Waals surface area contributed by atoms with Gasteiger partial charge in [0.25, 0.3) is 0 Å². The van der Waals surface area contributed by atoms with Crippen LogP contribution >= 0.6 is 0 Å². The summed E-state index contributed by atoms with van der Waals surface area (Å²) in [6.07, 6.45) is 3.88. The molecule has 1 N–H and O–H groups in total. The molecular formula is C11H24N2O. The minimum Gasteiger partial charge on any atom is -0.385 e. The third kappa shape index (κ3) is 4.40. The summed E-state index contributed by atoms with van der Waals surface area (Å²) in [7, 11) is 1.76. The molecule has 14 heavy (non-hydrogen) atoms. The molecule has 1 unspecified atom stereocenters. The van der Waals surface area contributed by atoms with Crippen molar-refractivity contribution in [2.75, 3.05) is 39.9 Å². The number of likely N-dealkylation sites (tertiary alicyclic amines) is 1. The maximum Gasteiger partial charge on any atom is 0.0474 e. The lowest BCUT2D eigenvalue weighted by Gasteiger charge is -2.23. The number of rotatable bonds is 7. The zero-order chi connectivity index (χ0) is 10.2. The molecule has 1 atom stereocenters. The van der Waals surface area contributed by atoms with Crippen LogP contribution in [0, 0.1) is 0 Å². The molecule has 0 spiro atoms. The highest BCUT2D eigenvalue weighted by atomic mass is 16.5. The van der Waals surface area contributed by atoms with Crippen LogP contribution in [-0.4, -0.2) is 50.8 Å². The molecule has 0 saturated carbocycles. The van der Waals surface area contributed by atoms with Crippen molar-refractivity contribution in [3.05, 3.63) is 0 Å². The van der Waals surface area contributed by atoms with E-state index in [1.54, 1.807) is 7.11 Å². The van der Waals surface area contributed by atoms with E-state index in [0.717, 1.165) is 26.1 Å². The lowest BCUT2D eigenvalue weighted by molar-refractivity contribution is 0.192. The average Bonchev–Trinajstić information content (AvgIpc) is 2.70. The van der Waals surface area contributed by atoms with Gasteiger partial charge in [0.1, 0.15) is 0 Å². The van der Waals surface area contributed by atoms with Crippen molar-refractivity contribution in [1.82, 2.24) is 10.2 Å². The van der Waals surface area contributed by atoms with Crippen molar-refractivity contribution in [3.63, 3.8) is 0 Å². The first-order valence-corrected chi connectivity index (χ1v) is 5.78. The Hall–Kier alpha value is -0.120. The molecule has 0 aromatic heterocycles. The summed E-state index contributed by atoms with van der Waals surface area (Å²) in [6.45, 7) is 7.96. The van der Waals surface area contributed by atoms with Crippen LogP contribution < -0.4 is 5.32 Å². The van der Waals surface area contributed by atoms with E-state index in [-0.39, 0.29) is 0 Å². The molecule has 1 saturated heterocycles. The van der Waals surface area contributed by atoms with Crippen LogP contribution in [0.15, 0.2) is 0 Å². The maximum absolute atomic E-state index is 5.00. The number of hydrogen-bond donors (Lipinski definition) is 1. The highest BCUT2D eigenvalue weighted by Crippen LogP contribution is 2.10. The Morgan fingerprint density at radius 3 is 2.71 bits per heavy atom. The van der Waals surface area contributed by atoms with Crippen LogP contribution in [0.2, 0.25) is 0 Å². The highest BCUT2D eigenvalue weighted by molar-refractivity contribution is 4.74. The van der Waals surface area contributed by atoms with E-state index in [2.05, 4.69) is 17.1 Å². The first kappa shape index (κ1) is 12.0. The van der Waals surface area contributed by atoms with Gasteiger partial charge in [-0.3, -0.25) is 4.90 Å². The van der Waals surface area contributed by atoms with Gasteiger partial charge in [-0.05, 0) is 45.8 Å². The zero-order valence-corrected chi connectivity index (χ0v) is 9.59. The van der Waals surface area contributed by atoms with Crippen LogP contribution in [0.3, 0.4) is 0 Å². The van der Waals surface area contributed by atoms with Crippen LogP contribution in [0.1, 0.15) is 26.2 Å². The lowest BCUT2D eigenvalue weighted by atomic mass is 10.3. The Morgan fingerprint density at radius 2 is 2.07 bits per heavy atom. The summed E-state index contributed by atoms with van der Waals surface area (Å²) in [5, 5.41) is 3.48. The Balaban J connectivity index is 1.94. The average molecular weight is 200 g/mol. The minimum absolute atomic E-state index is 0.694. The van der Waals surface area contributed by atoms with E-state index in [0.29, 0.717) is 6.04 Å². The highest BCUT2D eigenvalue weighted by Gasteiger charge is 2.16. The summed E-state index contributed by atoms with van der Waals surface area (Å²) in [5.74, 6) is 0. The smallest absolute Gasteiger partial charge is 0.0474 e. The summed E-state index contributed by atoms with van der Waals surface area (Å²) in [5.41, 5.74) is 0.